The van der Waals surface area contributed by atoms with Crippen LogP contribution >= 0.6 is 11.3 Å². The molecule has 1 amide bonds. The van der Waals surface area contributed by atoms with E-state index in [9.17, 15) is 4.79 Å². The summed E-state index contributed by atoms with van der Waals surface area (Å²) in [7, 11) is 2.08. The zero-order chi connectivity index (χ0) is 15.0. The molecule has 1 aromatic rings. The molecule has 0 saturated carbocycles. The molecule has 0 aliphatic heterocycles. The fourth-order valence-corrected chi connectivity index (χ4v) is 2.43. The molecule has 5 heteroatoms. The number of thiophene rings is 1. The van der Waals surface area contributed by atoms with Crippen LogP contribution in [0.15, 0.2) is 12.1 Å². The van der Waals surface area contributed by atoms with Gasteiger partial charge in [0.15, 0.2) is 0 Å². The van der Waals surface area contributed by atoms with Crippen molar-refractivity contribution in [2.45, 2.75) is 26.3 Å². The van der Waals surface area contributed by atoms with Crippen molar-refractivity contribution in [1.82, 2.24) is 10.2 Å². The number of amides is 1. The molecule has 1 heterocycles. The Morgan fingerprint density at radius 3 is 2.95 bits per heavy atom. The zero-order valence-corrected chi connectivity index (χ0v) is 13.2. The molecule has 0 radical (unpaired) electrons. The first-order chi connectivity index (χ1) is 9.58. The molecule has 0 aliphatic rings. The van der Waals surface area contributed by atoms with Gasteiger partial charge in [0, 0.05) is 19.1 Å². The lowest BCUT2D eigenvalue weighted by atomic mass is 10.2. The maximum atomic E-state index is 12.0. The minimum atomic E-state index is -0.0339. The Labute approximate surface area is 125 Å². The maximum absolute atomic E-state index is 12.0. The summed E-state index contributed by atoms with van der Waals surface area (Å²) >= 11 is 1.40. The number of hydrogen-bond acceptors (Lipinski definition) is 4. The number of rotatable bonds is 6. The van der Waals surface area contributed by atoms with Crippen LogP contribution in [0.3, 0.4) is 0 Å². The van der Waals surface area contributed by atoms with Crippen molar-refractivity contribution in [2.24, 2.45) is 5.73 Å². The van der Waals surface area contributed by atoms with Gasteiger partial charge in [0.05, 0.1) is 16.3 Å². The molecule has 3 N–H and O–H groups in total. The molecule has 110 valence electrons. The maximum Gasteiger partial charge on any atom is 0.261 e. The fraction of sp³-hybridized carbons (Fsp3) is 0.533. The minimum absolute atomic E-state index is 0.0339. The van der Waals surface area contributed by atoms with Gasteiger partial charge in [0.25, 0.3) is 5.91 Å². The predicted molar refractivity (Wildman–Crippen MR) is 85.0 cm³/mol. The third kappa shape index (κ3) is 5.33. The molecule has 1 atom stereocenters. The Balaban J connectivity index is 2.41. The average molecular weight is 293 g/mol. The van der Waals surface area contributed by atoms with Crippen LogP contribution in [0.4, 0.5) is 0 Å². The number of carbonyl (C=O) groups is 1. The third-order valence-electron chi connectivity index (χ3n) is 3.24. The van der Waals surface area contributed by atoms with Crippen molar-refractivity contribution >= 4 is 17.2 Å². The molecular formula is C15H23N3OS. The number of carbonyl (C=O) groups excluding carboxylic acids is 1. The van der Waals surface area contributed by atoms with Gasteiger partial charge in [-0.25, -0.2) is 0 Å². The molecule has 0 aliphatic carbocycles. The first kappa shape index (κ1) is 16.7. The predicted octanol–water partition coefficient (Wildman–Crippen LogP) is 1.52. The van der Waals surface area contributed by atoms with E-state index in [0.29, 0.717) is 24.0 Å². The molecule has 1 aromatic heterocycles. The minimum Gasteiger partial charge on any atom is -0.350 e. The standard InChI is InChI=1S/C15H23N3OS/c1-4-12(2)18(3)11-10-17-15(19)14-8-7-13(20-14)6-5-9-16/h7-8,12H,4,9-11,16H2,1-3H3,(H,17,19). The van der Waals surface area contributed by atoms with E-state index < -0.39 is 0 Å². The second kappa shape index (κ2) is 8.75. The molecule has 0 bridgehead atoms. The molecule has 0 aromatic carbocycles. The Bertz CT molecular complexity index is 487. The van der Waals surface area contributed by atoms with Gasteiger partial charge in [-0.1, -0.05) is 18.8 Å². The summed E-state index contributed by atoms with van der Waals surface area (Å²) in [5.74, 6) is 5.68. The second-order valence-corrected chi connectivity index (χ2v) is 5.75. The summed E-state index contributed by atoms with van der Waals surface area (Å²) in [6.45, 7) is 6.19. The van der Waals surface area contributed by atoms with Gasteiger partial charge in [0.2, 0.25) is 0 Å². The molecule has 4 nitrogen and oxygen atoms in total. The number of hydrogen-bond donors (Lipinski definition) is 2. The van der Waals surface area contributed by atoms with E-state index in [-0.39, 0.29) is 5.91 Å². The lowest BCUT2D eigenvalue weighted by Crippen LogP contribution is -2.36. The summed E-state index contributed by atoms with van der Waals surface area (Å²) < 4.78 is 0. The number of likely N-dealkylation sites (N-methyl/N-ethyl adjacent to an activating group) is 1. The molecule has 0 fully saturated rings. The molecule has 0 spiro atoms. The SMILES string of the molecule is CCC(C)N(C)CCNC(=O)c1ccc(C#CCN)s1. The second-order valence-electron chi connectivity index (χ2n) is 4.66. The van der Waals surface area contributed by atoms with E-state index in [1.807, 2.05) is 6.07 Å². The highest BCUT2D eigenvalue weighted by molar-refractivity contribution is 7.14. The van der Waals surface area contributed by atoms with Crippen LogP contribution < -0.4 is 11.1 Å². The van der Waals surface area contributed by atoms with Crippen LogP contribution in [-0.4, -0.2) is 43.5 Å². The third-order valence-corrected chi connectivity index (χ3v) is 4.24. The Morgan fingerprint density at radius 2 is 2.30 bits per heavy atom. The lowest BCUT2D eigenvalue weighted by Gasteiger charge is -2.23. The monoisotopic (exact) mass is 293 g/mol. The van der Waals surface area contributed by atoms with Crippen molar-refractivity contribution in [3.05, 3.63) is 21.9 Å². The lowest BCUT2D eigenvalue weighted by molar-refractivity contribution is 0.0951. The highest BCUT2D eigenvalue weighted by atomic mass is 32.1. The highest BCUT2D eigenvalue weighted by Gasteiger charge is 2.10. The van der Waals surface area contributed by atoms with E-state index >= 15 is 0 Å². The van der Waals surface area contributed by atoms with Crippen LogP contribution in [0.5, 0.6) is 0 Å². The summed E-state index contributed by atoms with van der Waals surface area (Å²) in [4.78, 5) is 15.8. The van der Waals surface area contributed by atoms with Crippen molar-refractivity contribution < 1.29 is 4.79 Å². The van der Waals surface area contributed by atoms with E-state index in [1.165, 1.54) is 11.3 Å². The largest absolute Gasteiger partial charge is 0.350 e. The van der Waals surface area contributed by atoms with E-state index in [4.69, 9.17) is 5.73 Å². The van der Waals surface area contributed by atoms with E-state index in [2.05, 4.69) is 43.0 Å². The highest BCUT2D eigenvalue weighted by Crippen LogP contribution is 2.15. The van der Waals surface area contributed by atoms with Crippen LogP contribution in [0.25, 0.3) is 0 Å². The molecule has 0 saturated heterocycles. The smallest absolute Gasteiger partial charge is 0.261 e. The van der Waals surface area contributed by atoms with Crippen LogP contribution in [0.2, 0.25) is 0 Å². The Morgan fingerprint density at radius 1 is 1.55 bits per heavy atom. The molecule has 1 rings (SSSR count). The molecule has 20 heavy (non-hydrogen) atoms. The van der Waals surface area contributed by atoms with Crippen molar-refractivity contribution in [3.8, 4) is 11.8 Å². The first-order valence-electron chi connectivity index (χ1n) is 6.85. The summed E-state index contributed by atoms with van der Waals surface area (Å²) in [5.41, 5.74) is 5.32. The summed E-state index contributed by atoms with van der Waals surface area (Å²) in [6.07, 6.45) is 1.11. The Hall–Kier alpha value is -1.35. The fourth-order valence-electron chi connectivity index (χ4n) is 1.63. The normalized spacial score (nSPS) is 11.8. The Kier molecular flexibility index (Phi) is 7.31. The van der Waals surface area contributed by atoms with Gasteiger partial charge in [-0.15, -0.1) is 11.3 Å². The first-order valence-corrected chi connectivity index (χ1v) is 7.67. The quantitative estimate of drug-likeness (QED) is 0.782. The van der Waals surface area contributed by atoms with Gasteiger partial charge in [-0.05, 0) is 32.5 Å². The summed E-state index contributed by atoms with van der Waals surface area (Å²) in [5, 5.41) is 2.94. The van der Waals surface area contributed by atoms with Crippen molar-refractivity contribution in [2.75, 3.05) is 26.7 Å². The van der Waals surface area contributed by atoms with Gasteiger partial charge in [0.1, 0.15) is 0 Å². The molecule has 1 unspecified atom stereocenters. The molecular weight excluding hydrogens is 270 g/mol. The topological polar surface area (TPSA) is 58.4 Å². The van der Waals surface area contributed by atoms with Crippen LogP contribution in [0.1, 0.15) is 34.8 Å². The van der Waals surface area contributed by atoms with Gasteiger partial charge in [-0.2, -0.15) is 0 Å². The summed E-state index contributed by atoms with van der Waals surface area (Å²) in [6, 6.07) is 4.19. The number of nitrogens with zero attached hydrogens (tertiary/aromatic N) is 1. The van der Waals surface area contributed by atoms with Gasteiger partial charge in [-0.3, -0.25) is 4.79 Å². The van der Waals surface area contributed by atoms with Crippen LogP contribution in [-0.2, 0) is 0 Å². The van der Waals surface area contributed by atoms with Crippen molar-refractivity contribution in [3.63, 3.8) is 0 Å². The number of nitrogens with two attached hydrogens (primary N) is 1. The van der Waals surface area contributed by atoms with E-state index in [1.54, 1.807) is 6.07 Å². The average Bonchev–Trinajstić information content (AvgIpc) is 2.92. The zero-order valence-electron chi connectivity index (χ0n) is 12.4. The van der Waals surface area contributed by atoms with Gasteiger partial charge >= 0.3 is 0 Å². The number of nitrogens with one attached hydrogen (secondary N) is 1. The van der Waals surface area contributed by atoms with Crippen LogP contribution in [0, 0.1) is 11.8 Å². The van der Waals surface area contributed by atoms with Gasteiger partial charge < -0.3 is 16.0 Å². The van der Waals surface area contributed by atoms with E-state index in [0.717, 1.165) is 17.8 Å². The van der Waals surface area contributed by atoms with Crippen molar-refractivity contribution in [1.29, 1.82) is 0 Å².